The van der Waals surface area contributed by atoms with E-state index in [2.05, 4.69) is 45.0 Å². The Morgan fingerprint density at radius 2 is 1.70 bits per heavy atom. The average Bonchev–Trinajstić information content (AvgIpc) is 2.72. The molecule has 0 aliphatic heterocycles. The molecule has 1 aromatic heterocycles. The van der Waals surface area contributed by atoms with Crippen LogP contribution in [0.1, 0.15) is 31.9 Å². The molecule has 3 aromatic carbocycles. The van der Waals surface area contributed by atoms with E-state index in [9.17, 15) is 9.18 Å². The lowest BCUT2D eigenvalue weighted by Crippen LogP contribution is -2.21. The second-order valence-electron chi connectivity index (χ2n) is 8.27. The van der Waals surface area contributed by atoms with Gasteiger partial charge >= 0.3 is 0 Å². The summed E-state index contributed by atoms with van der Waals surface area (Å²) in [5, 5.41) is 1.06. The lowest BCUT2D eigenvalue weighted by Gasteiger charge is -2.19. The Kier molecular flexibility index (Phi) is 5.48. The highest BCUT2D eigenvalue weighted by Crippen LogP contribution is 2.27. The van der Waals surface area contributed by atoms with Crippen LogP contribution in [0.25, 0.3) is 16.6 Å². The van der Waals surface area contributed by atoms with E-state index >= 15 is 0 Å². The van der Waals surface area contributed by atoms with Crippen molar-refractivity contribution in [3.63, 3.8) is 0 Å². The normalized spacial score (nSPS) is 11.7. The third-order valence-corrected chi connectivity index (χ3v) is 6.01. The Morgan fingerprint density at radius 1 is 0.967 bits per heavy atom. The summed E-state index contributed by atoms with van der Waals surface area (Å²) in [4.78, 5) is 17.9. The van der Waals surface area contributed by atoms with Gasteiger partial charge in [-0.3, -0.25) is 9.36 Å². The smallest absolute Gasteiger partial charge is 0.266 e. The third-order valence-electron chi connectivity index (χ3n) is 5.00. The molecule has 5 heteroatoms. The summed E-state index contributed by atoms with van der Waals surface area (Å²) >= 11 is 1.47. The maximum atomic E-state index is 13.9. The summed E-state index contributed by atoms with van der Waals surface area (Å²) in [6.07, 6.45) is 0. The molecule has 4 rings (SSSR count). The summed E-state index contributed by atoms with van der Waals surface area (Å²) < 4.78 is 15.4. The van der Waals surface area contributed by atoms with Gasteiger partial charge in [0.05, 0.1) is 16.6 Å². The van der Waals surface area contributed by atoms with Gasteiger partial charge in [-0.1, -0.05) is 75.0 Å². The molecule has 0 fully saturated rings. The maximum Gasteiger partial charge on any atom is 0.266 e. The minimum atomic E-state index is -0.388. The predicted octanol–water partition coefficient (Wildman–Crippen LogP) is 6.11. The SMILES string of the molecule is CC(C)(C)c1ccc(CSc2nc3ccccc3c(=O)n2-c2cccc(F)c2)cc1. The highest BCUT2D eigenvalue weighted by atomic mass is 32.2. The summed E-state index contributed by atoms with van der Waals surface area (Å²) in [5.74, 6) is 0.270. The van der Waals surface area contributed by atoms with E-state index in [0.29, 0.717) is 27.5 Å². The van der Waals surface area contributed by atoms with Crippen LogP contribution in [-0.4, -0.2) is 9.55 Å². The molecule has 4 aromatic rings. The van der Waals surface area contributed by atoms with Crippen molar-refractivity contribution in [3.8, 4) is 5.69 Å². The standard InChI is InChI=1S/C25H23FN2OS/c1-25(2,3)18-13-11-17(12-14-18)16-30-24-27-22-10-5-4-9-21(22)23(29)28(24)20-8-6-7-19(26)15-20/h4-15H,16H2,1-3H3. The van der Waals surface area contributed by atoms with E-state index in [0.717, 1.165) is 5.56 Å². The number of rotatable bonds is 4. The first-order valence-electron chi connectivity index (χ1n) is 9.83. The molecule has 0 saturated carbocycles. The van der Waals surface area contributed by atoms with Gasteiger partial charge in [-0.05, 0) is 46.9 Å². The number of thioether (sulfide) groups is 1. The Bertz CT molecular complexity index is 1260. The summed E-state index contributed by atoms with van der Waals surface area (Å²) in [6.45, 7) is 6.56. The number of aromatic nitrogens is 2. The van der Waals surface area contributed by atoms with Crippen molar-refractivity contribution in [1.82, 2.24) is 9.55 Å². The van der Waals surface area contributed by atoms with Gasteiger partial charge in [0.1, 0.15) is 5.82 Å². The molecule has 0 radical (unpaired) electrons. The zero-order chi connectivity index (χ0) is 21.3. The van der Waals surface area contributed by atoms with Crippen LogP contribution in [-0.2, 0) is 11.2 Å². The molecule has 1 heterocycles. The molecule has 3 nitrogen and oxygen atoms in total. The van der Waals surface area contributed by atoms with E-state index in [1.165, 1.54) is 34.0 Å². The molecular weight excluding hydrogens is 395 g/mol. The fourth-order valence-electron chi connectivity index (χ4n) is 3.30. The molecule has 0 spiro atoms. The van der Waals surface area contributed by atoms with Crippen molar-refractivity contribution in [2.45, 2.75) is 37.1 Å². The van der Waals surface area contributed by atoms with Crippen molar-refractivity contribution in [3.05, 3.63) is 100 Å². The lowest BCUT2D eigenvalue weighted by molar-refractivity contribution is 0.590. The molecule has 0 bridgehead atoms. The molecule has 0 saturated heterocycles. The first kappa shape index (κ1) is 20.4. The molecular formula is C25H23FN2OS. The number of hydrogen-bond acceptors (Lipinski definition) is 3. The second kappa shape index (κ2) is 8.07. The van der Waals surface area contributed by atoms with E-state index < -0.39 is 0 Å². The highest BCUT2D eigenvalue weighted by molar-refractivity contribution is 7.98. The molecule has 0 N–H and O–H groups in total. The van der Waals surface area contributed by atoms with Gasteiger partial charge in [-0.25, -0.2) is 9.37 Å². The molecule has 0 amide bonds. The van der Waals surface area contributed by atoms with Crippen molar-refractivity contribution in [2.24, 2.45) is 0 Å². The quantitative estimate of drug-likeness (QED) is 0.296. The minimum Gasteiger partial charge on any atom is -0.268 e. The van der Waals surface area contributed by atoms with Crippen LogP contribution in [0.4, 0.5) is 4.39 Å². The summed E-state index contributed by atoms with van der Waals surface area (Å²) in [5.41, 5.74) is 3.43. The maximum absolute atomic E-state index is 13.9. The molecule has 0 aliphatic rings. The van der Waals surface area contributed by atoms with E-state index in [-0.39, 0.29) is 16.8 Å². The number of benzene rings is 3. The van der Waals surface area contributed by atoms with Crippen LogP contribution in [0.2, 0.25) is 0 Å². The largest absolute Gasteiger partial charge is 0.268 e. The van der Waals surface area contributed by atoms with Gasteiger partial charge in [0.25, 0.3) is 5.56 Å². The zero-order valence-corrected chi connectivity index (χ0v) is 18.0. The van der Waals surface area contributed by atoms with Gasteiger partial charge in [0.15, 0.2) is 5.16 Å². The second-order valence-corrected chi connectivity index (χ2v) is 9.21. The van der Waals surface area contributed by atoms with Crippen LogP contribution < -0.4 is 5.56 Å². The van der Waals surface area contributed by atoms with Gasteiger partial charge in [0, 0.05) is 5.75 Å². The lowest BCUT2D eigenvalue weighted by atomic mass is 9.87. The fraction of sp³-hybridized carbons (Fsp3) is 0.200. The molecule has 0 atom stereocenters. The number of fused-ring (bicyclic) bond motifs is 1. The molecule has 0 aliphatic carbocycles. The van der Waals surface area contributed by atoms with Gasteiger partial charge in [-0.2, -0.15) is 0 Å². The number of hydrogen-bond donors (Lipinski definition) is 0. The number of nitrogens with zero attached hydrogens (tertiary/aromatic N) is 2. The Hall–Kier alpha value is -2.92. The van der Waals surface area contributed by atoms with E-state index in [4.69, 9.17) is 4.98 Å². The van der Waals surface area contributed by atoms with Crippen LogP contribution >= 0.6 is 11.8 Å². The van der Waals surface area contributed by atoms with Crippen molar-refractivity contribution < 1.29 is 4.39 Å². The number of halogens is 1. The van der Waals surface area contributed by atoms with Crippen molar-refractivity contribution in [2.75, 3.05) is 0 Å². The summed E-state index contributed by atoms with van der Waals surface area (Å²) in [6, 6.07) is 21.8. The first-order valence-corrected chi connectivity index (χ1v) is 10.8. The summed E-state index contributed by atoms with van der Waals surface area (Å²) in [7, 11) is 0. The average molecular weight is 419 g/mol. The van der Waals surface area contributed by atoms with Crippen LogP contribution in [0.3, 0.4) is 0 Å². The van der Waals surface area contributed by atoms with Gasteiger partial charge in [0.2, 0.25) is 0 Å². The number of para-hydroxylation sites is 1. The van der Waals surface area contributed by atoms with Crippen molar-refractivity contribution in [1.29, 1.82) is 0 Å². The van der Waals surface area contributed by atoms with Crippen LogP contribution in [0.5, 0.6) is 0 Å². The Labute approximate surface area is 179 Å². The van der Waals surface area contributed by atoms with Crippen molar-refractivity contribution >= 4 is 22.7 Å². The van der Waals surface area contributed by atoms with Gasteiger partial charge < -0.3 is 0 Å². The zero-order valence-electron chi connectivity index (χ0n) is 17.2. The van der Waals surface area contributed by atoms with Gasteiger partial charge in [-0.15, -0.1) is 0 Å². The topological polar surface area (TPSA) is 34.9 Å². The monoisotopic (exact) mass is 418 g/mol. The Morgan fingerprint density at radius 3 is 2.40 bits per heavy atom. The van der Waals surface area contributed by atoms with Crippen LogP contribution in [0.15, 0.2) is 82.7 Å². The molecule has 152 valence electrons. The Balaban J connectivity index is 1.74. The first-order chi connectivity index (χ1) is 14.3. The predicted molar refractivity (Wildman–Crippen MR) is 122 cm³/mol. The van der Waals surface area contributed by atoms with E-state index in [1.54, 1.807) is 18.2 Å². The van der Waals surface area contributed by atoms with Crippen LogP contribution in [0, 0.1) is 5.82 Å². The fourth-order valence-corrected chi connectivity index (χ4v) is 4.27. The highest BCUT2D eigenvalue weighted by Gasteiger charge is 2.15. The third kappa shape index (κ3) is 4.17. The minimum absolute atomic E-state index is 0.101. The molecule has 0 unspecified atom stereocenters. The van der Waals surface area contributed by atoms with E-state index in [1.807, 2.05) is 18.2 Å². The molecule has 30 heavy (non-hydrogen) atoms.